The monoisotopic (exact) mass is 332 g/mol. The molecule has 0 fully saturated rings. The van der Waals surface area contributed by atoms with E-state index in [1.54, 1.807) is 13.2 Å². The fraction of sp³-hybridized carbons (Fsp3) is 0.235. The van der Waals surface area contributed by atoms with E-state index in [0.29, 0.717) is 16.9 Å². The molecule has 0 spiro atoms. The molecule has 0 bridgehead atoms. The van der Waals surface area contributed by atoms with Gasteiger partial charge in [0.15, 0.2) is 5.78 Å². The summed E-state index contributed by atoms with van der Waals surface area (Å²) in [5.41, 5.74) is 2.53. The van der Waals surface area contributed by atoms with Gasteiger partial charge in [0.2, 0.25) is 0 Å². The normalized spacial score (nSPS) is 10.3. The first-order chi connectivity index (χ1) is 9.65. The molecule has 2 rings (SSSR count). The van der Waals surface area contributed by atoms with Gasteiger partial charge in [-0.2, -0.15) is 0 Å². The van der Waals surface area contributed by atoms with Gasteiger partial charge in [-0.15, -0.1) is 0 Å². The molecule has 0 aliphatic heterocycles. The van der Waals surface area contributed by atoms with Crippen LogP contribution in [0.15, 0.2) is 46.9 Å². The van der Waals surface area contributed by atoms with Crippen molar-refractivity contribution in [2.24, 2.45) is 0 Å². The lowest BCUT2D eigenvalue weighted by molar-refractivity contribution is 0.103. The molecule has 2 nitrogen and oxygen atoms in total. The molecule has 20 heavy (non-hydrogen) atoms. The molecule has 0 aromatic heterocycles. The molecule has 0 atom stereocenters. The van der Waals surface area contributed by atoms with E-state index in [0.717, 1.165) is 17.3 Å². The van der Waals surface area contributed by atoms with Crippen LogP contribution in [0.2, 0.25) is 0 Å². The van der Waals surface area contributed by atoms with Crippen LogP contribution >= 0.6 is 15.9 Å². The van der Waals surface area contributed by atoms with Crippen LogP contribution in [0.4, 0.5) is 0 Å². The first-order valence-corrected chi connectivity index (χ1v) is 7.42. The number of hydrogen-bond acceptors (Lipinski definition) is 2. The van der Waals surface area contributed by atoms with Crippen molar-refractivity contribution in [1.82, 2.24) is 0 Å². The van der Waals surface area contributed by atoms with Crippen LogP contribution in [0.1, 0.15) is 34.8 Å². The van der Waals surface area contributed by atoms with Gasteiger partial charge >= 0.3 is 0 Å². The van der Waals surface area contributed by atoms with Crippen LogP contribution in [0.3, 0.4) is 0 Å². The standard InChI is InChI=1S/C17H17BrO2/c1-3-5-12-6-4-7-13(10-12)17(19)15-11-14(20-2)8-9-16(15)18/h4,6-11H,3,5H2,1-2H3. The summed E-state index contributed by atoms with van der Waals surface area (Å²) in [4.78, 5) is 12.6. The zero-order chi connectivity index (χ0) is 14.5. The molecule has 104 valence electrons. The fourth-order valence-corrected chi connectivity index (χ4v) is 2.54. The molecular weight excluding hydrogens is 316 g/mol. The topological polar surface area (TPSA) is 26.3 Å². The highest BCUT2D eigenvalue weighted by Crippen LogP contribution is 2.25. The summed E-state index contributed by atoms with van der Waals surface area (Å²) >= 11 is 3.43. The largest absolute Gasteiger partial charge is 0.497 e. The summed E-state index contributed by atoms with van der Waals surface area (Å²) in [7, 11) is 1.60. The van der Waals surface area contributed by atoms with E-state index in [1.165, 1.54) is 5.56 Å². The van der Waals surface area contributed by atoms with Crippen LogP contribution in [-0.2, 0) is 6.42 Å². The maximum atomic E-state index is 12.6. The van der Waals surface area contributed by atoms with E-state index >= 15 is 0 Å². The highest BCUT2D eigenvalue weighted by Gasteiger charge is 2.14. The van der Waals surface area contributed by atoms with E-state index in [-0.39, 0.29) is 5.78 Å². The molecule has 0 aliphatic rings. The van der Waals surface area contributed by atoms with E-state index in [2.05, 4.69) is 28.9 Å². The highest BCUT2D eigenvalue weighted by molar-refractivity contribution is 9.10. The minimum atomic E-state index is 0.00808. The van der Waals surface area contributed by atoms with Gasteiger partial charge in [-0.3, -0.25) is 4.79 Å². The van der Waals surface area contributed by atoms with Gasteiger partial charge in [-0.05, 0) is 36.2 Å². The van der Waals surface area contributed by atoms with E-state index in [9.17, 15) is 4.79 Å². The second-order valence-corrected chi connectivity index (χ2v) is 5.48. The molecule has 3 heteroatoms. The molecule has 2 aromatic rings. The van der Waals surface area contributed by atoms with Crippen molar-refractivity contribution in [3.8, 4) is 5.75 Å². The summed E-state index contributed by atoms with van der Waals surface area (Å²) in [5.74, 6) is 0.690. The summed E-state index contributed by atoms with van der Waals surface area (Å²) < 4.78 is 5.97. The Morgan fingerprint density at radius 2 is 2.00 bits per heavy atom. The number of rotatable bonds is 5. The molecule has 0 heterocycles. The number of carbonyl (C=O) groups excluding carboxylic acids is 1. The van der Waals surface area contributed by atoms with Crippen molar-refractivity contribution < 1.29 is 9.53 Å². The van der Waals surface area contributed by atoms with Crippen LogP contribution in [0.5, 0.6) is 5.75 Å². The Kier molecular flexibility index (Phi) is 4.96. The van der Waals surface area contributed by atoms with E-state index in [1.807, 2.05) is 30.3 Å². The quantitative estimate of drug-likeness (QED) is 0.745. The van der Waals surface area contributed by atoms with Crippen molar-refractivity contribution in [1.29, 1.82) is 0 Å². The Hall–Kier alpha value is -1.61. The molecule has 0 N–H and O–H groups in total. The minimum Gasteiger partial charge on any atom is -0.497 e. The predicted octanol–water partition coefficient (Wildman–Crippen LogP) is 4.64. The third-order valence-electron chi connectivity index (χ3n) is 3.15. The van der Waals surface area contributed by atoms with Crippen LogP contribution in [0, 0.1) is 0 Å². The Balaban J connectivity index is 2.38. The van der Waals surface area contributed by atoms with Crippen molar-refractivity contribution in [2.75, 3.05) is 7.11 Å². The van der Waals surface area contributed by atoms with E-state index in [4.69, 9.17) is 4.74 Å². The van der Waals surface area contributed by atoms with Crippen molar-refractivity contribution in [2.45, 2.75) is 19.8 Å². The van der Waals surface area contributed by atoms with Crippen LogP contribution < -0.4 is 4.74 Å². The Morgan fingerprint density at radius 3 is 2.70 bits per heavy atom. The van der Waals surface area contributed by atoms with Crippen molar-refractivity contribution >= 4 is 21.7 Å². The SMILES string of the molecule is CCCc1cccc(C(=O)c2cc(OC)ccc2Br)c1. The summed E-state index contributed by atoms with van der Waals surface area (Å²) in [6.07, 6.45) is 2.06. The lowest BCUT2D eigenvalue weighted by Crippen LogP contribution is -2.03. The Morgan fingerprint density at radius 1 is 1.20 bits per heavy atom. The number of ether oxygens (including phenoxy) is 1. The smallest absolute Gasteiger partial charge is 0.194 e. The zero-order valence-corrected chi connectivity index (χ0v) is 13.2. The van der Waals surface area contributed by atoms with Crippen molar-refractivity contribution in [3.05, 3.63) is 63.6 Å². The molecule has 0 aliphatic carbocycles. The van der Waals surface area contributed by atoms with Gasteiger partial charge < -0.3 is 4.74 Å². The average Bonchev–Trinajstić information content (AvgIpc) is 2.48. The number of carbonyl (C=O) groups is 1. The third kappa shape index (κ3) is 3.28. The average molecular weight is 333 g/mol. The molecular formula is C17H17BrO2. The molecule has 0 unspecified atom stereocenters. The van der Waals surface area contributed by atoms with Gasteiger partial charge in [0.1, 0.15) is 5.75 Å². The number of aryl methyl sites for hydroxylation is 1. The molecule has 0 radical (unpaired) electrons. The second kappa shape index (κ2) is 6.71. The van der Waals surface area contributed by atoms with Crippen molar-refractivity contribution in [3.63, 3.8) is 0 Å². The third-order valence-corrected chi connectivity index (χ3v) is 3.84. The maximum Gasteiger partial charge on any atom is 0.194 e. The number of ketones is 1. The highest BCUT2D eigenvalue weighted by atomic mass is 79.9. The predicted molar refractivity (Wildman–Crippen MR) is 84.6 cm³/mol. The number of halogens is 1. The van der Waals surface area contributed by atoms with Gasteiger partial charge in [-0.1, -0.05) is 47.5 Å². The molecule has 0 saturated carbocycles. The fourth-order valence-electron chi connectivity index (χ4n) is 2.12. The summed E-state index contributed by atoms with van der Waals surface area (Å²) in [6, 6.07) is 13.2. The lowest BCUT2D eigenvalue weighted by Gasteiger charge is -2.08. The molecule has 0 saturated heterocycles. The lowest BCUT2D eigenvalue weighted by atomic mass is 10.00. The van der Waals surface area contributed by atoms with Gasteiger partial charge in [0.05, 0.1) is 7.11 Å². The second-order valence-electron chi connectivity index (χ2n) is 4.63. The van der Waals surface area contributed by atoms with Gasteiger partial charge in [-0.25, -0.2) is 0 Å². The van der Waals surface area contributed by atoms with Gasteiger partial charge in [0, 0.05) is 15.6 Å². The Labute approximate surface area is 127 Å². The minimum absolute atomic E-state index is 0.00808. The number of hydrogen-bond donors (Lipinski definition) is 0. The van der Waals surface area contributed by atoms with Gasteiger partial charge in [0.25, 0.3) is 0 Å². The molecule has 0 amide bonds. The van der Waals surface area contributed by atoms with E-state index < -0.39 is 0 Å². The van der Waals surface area contributed by atoms with Crippen LogP contribution in [-0.4, -0.2) is 12.9 Å². The first kappa shape index (κ1) is 14.8. The first-order valence-electron chi connectivity index (χ1n) is 6.63. The molecule has 2 aromatic carbocycles. The maximum absolute atomic E-state index is 12.6. The summed E-state index contributed by atoms with van der Waals surface area (Å²) in [6.45, 7) is 2.13. The summed E-state index contributed by atoms with van der Waals surface area (Å²) in [5, 5.41) is 0. The zero-order valence-electron chi connectivity index (χ0n) is 11.7. The number of methoxy groups -OCH3 is 1. The Bertz CT molecular complexity index is 620. The van der Waals surface area contributed by atoms with Crippen LogP contribution in [0.25, 0.3) is 0 Å². The number of benzene rings is 2.